The number of benzene rings is 1. The summed E-state index contributed by atoms with van der Waals surface area (Å²) in [7, 11) is 2.19. The first-order chi connectivity index (χ1) is 14.6. The van der Waals surface area contributed by atoms with Crippen LogP contribution in [0.2, 0.25) is 0 Å². The van der Waals surface area contributed by atoms with Gasteiger partial charge in [0.05, 0.1) is 22.8 Å². The number of piperazine rings is 1. The predicted molar refractivity (Wildman–Crippen MR) is 118 cm³/mol. The van der Waals surface area contributed by atoms with E-state index < -0.39 is 6.09 Å². The molecule has 3 N–H and O–H groups in total. The summed E-state index contributed by atoms with van der Waals surface area (Å²) in [5.41, 5.74) is 7.27. The Kier molecular flexibility index (Phi) is 5.06. The van der Waals surface area contributed by atoms with E-state index in [0.29, 0.717) is 6.54 Å². The molecule has 156 valence electrons. The zero-order valence-electron chi connectivity index (χ0n) is 16.9. The van der Waals surface area contributed by atoms with Gasteiger partial charge in [-0.15, -0.1) is 11.3 Å². The van der Waals surface area contributed by atoms with Gasteiger partial charge in [-0.25, -0.2) is 4.79 Å². The van der Waals surface area contributed by atoms with Crippen LogP contribution in [0.4, 0.5) is 4.79 Å². The lowest BCUT2D eigenvalue weighted by Gasteiger charge is -2.32. The average molecular weight is 424 g/mol. The fraction of sp³-hybridized carbons (Fsp3) is 0.364. The number of amides is 1. The third-order valence-corrected chi connectivity index (χ3v) is 7.09. The van der Waals surface area contributed by atoms with Crippen molar-refractivity contribution in [3.63, 3.8) is 0 Å². The number of likely N-dealkylation sites (N-methyl/N-ethyl adjacent to an activating group) is 1. The van der Waals surface area contributed by atoms with Crippen LogP contribution in [0, 0.1) is 0 Å². The Labute approximate surface area is 179 Å². The Bertz CT molecular complexity index is 1080. The van der Waals surface area contributed by atoms with Crippen molar-refractivity contribution in [2.45, 2.75) is 19.5 Å². The summed E-state index contributed by atoms with van der Waals surface area (Å²) in [6, 6.07) is 10.8. The number of aromatic nitrogens is 2. The van der Waals surface area contributed by atoms with Gasteiger partial charge in [0.2, 0.25) is 0 Å². The number of rotatable bonds is 5. The van der Waals surface area contributed by atoms with Gasteiger partial charge in [-0.3, -0.25) is 10.00 Å². The largest absolute Gasteiger partial charge is 0.465 e. The number of carboxylic acid groups (broad SMARTS) is 1. The summed E-state index contributed by atoms with van der Waals surface area (Å²) in [5.74, 6) is 0. The van der Waals surface area contributed by atoms with Crippen LogP contribution in [0.25, 0.3) is 21.8 Å². The van der Waals surface area contributed by atoms with Gasteiger partial charge in [-0.2, -0.15) is 5.10 Å². The maximum Gasteiger partial charge on any atom is 0.404 e. The molecule has 2 aromatic heterocycles. The molecule has 0 unspecified atom stereocenters. The Morgan fingerprint density at radius 1 is 1.23 bits per heavy atom. The summed E-state index contributed by atoms with van der Waals surface area (Å²) in [6.07, 6.45) is -0.122. The molecule has 1 aliphatic carbocycles. The molecule has 0 bridgehead atoms. The van der Waals surface area contributed by atoms with Crippen LogP contribution in [0.5, 0.6) is 0 Å². The molecule has 1 aliphatic heterocycles. The van der Waals surface area contributed by atoms with E-state index in [2.05, 4.69) is 50.6 Å². The molecular weight excluding hydrogens is 398 g/mol. The Morgan fingerprint density at radius 3 is 2.87 bits per heavy atom. The third kappa shape index (κ3) is 3.74. The zero-order chi connectivity index (χ0) is 20.7. The summed E-state index contributed by atoms with van der Waals surface area (Å²) < 4.78 is 0. The van der Waals surface area contributed by atoms with E-state index in [-0.39, 0.29) is 0 Å². The molecule has 30 heavy (non-hydrogen) atoms. The number of aromatic amines is 1. The minimum atomic E-state index is -1.00. The van der Waals surface area contributed by atoms with Crippen LogP contribution >= 0.6 is 11.3 Å². The van der Waals surface area contributed by atoms with Crippen molar-refractivity contribution in [3.05, 3.63) is 51.9 Å². The van der Waals surface area contributed by atoms with E-state index in [1.165, 1.54) is 22.3 Å². The molecule has 0 atom stereocenters. The lowest BCUT2D eigenvalue weighted by atomic mass is 10.0. The monoisotopic (exact) mass is 423 g/mol. The Morgan fingerprint density at radius 2 is 2.07 bits per heavy atom. The lowest BCUT2D eigenvalue weighted by molar-refractivity contribution is 0.148. The highest BCUT2D eigenvalue weighted by molar-refractivity contribution is 7.15. The van der Waals surface area contributed by atoms with Gasteiger partial charge in [0.25, 0.3) is 0 Å². The second-order valence-electron chi connectivity index (χ2n) is 8.10. The molecule has 1 saturated heterocycles. The summed E-state index contributed by atoms with van der Waals surface area (Å²) >= 11 is 1.60. The molecule has 2 aliphatic rings. The van der Waals surface area contributed by atoms with Gasteiger partial charge in [-0.1, -0.05) is 18.2 Å². The van der Waals surface area contributed by atoms with Crippen LogP contribution in [0.3, 0.4) is 0 Å². The van der Waals surface area contributed by atoms with Crippen molar-refractivity contribution >= 4 is 17.4 Å². The smallest absolute Gasteiger partial charge is 0.404 e. The van der Waals surface area contributed by atoms with Crippen LogP contribution in [-0.4, -0.2) is 64.4 Å². The quantitative estimate of drug-likeness (QED) is 0.459. The van der Waals surface area contributed by atoms with E-state index in [4.69, 9.17) is 5.11 Å². The summed E-state index contributed by atoms with van der Waals surface area (Å²) in [6.45, 7) is 5.84. The summed E-state index contributed by atoms with van der Waals surface area (Å²) in [5, 5.41) is 19.0. The molecule has 8 heteroatoms. The van der Waals surface area contributed by atoms with Gasteiger partial charge in [-0.05, 0) is 30.3 Å². The fourth-order valence-corrected chi connectivity index (χ4v) is 5.28. The fourth-order valence-electron chi connectivity index (χ4n) is 4.31. The number of hydrogen-bond donors (Lipinski definition) is 3. The van der Waals surface area contributed by atoms with Crippen molar-refractivity contribution in [1.82, 2.24) is 25.3 Å². The standard InChI is InChI=1S/C22H25N5O2S/c1-26-6-8-27(9-7-26)13-14-2-4-17-15(10-14)11-18-20(17)24-25-21(18)19-5-3-16(30-19)12-23-22(28)29/h2-5,10,23H,6-9,11-13H2,1H3,(H,24,25)(H,28,29). The second kappa shape index (κ2) is 7.86. The first kappa shape index (κ1) is 19.3. The maximum atomic E-state index is 10.7. The highest BCUT2D eigenvalue weighted by atomic mass is 32.1. The molecular formula is C22H25N5O2S. The van der Waals surface area contributed by atoms with E-state index in [1.54, 1.807) is 11.3 Å². The number of nitrogens with zero attached hydrogens (tertiary/aromatic N) is 3. The van der Waals surface area contributed by atoms with Gasteiger partial charge < -0.3 is 15.3 Å². The third-order valence-electron chi connectivity index (χ3n) is 5.98. The molecule has 7 nitrogen and oxygen atoms in total. The average Bonchev–Trinajstić information content (AvgIpc) is 3.43. The first-order valence-corrected chi connectivity index (χ1v) is 11.0. The minimum absolute atomic E-state index is 0.326. The highest BCUT2D eigenvalue weighted by Gasteiger charge is 2.26. The molecule has 1 amide bonds. The van der Waals surface area contributed by atoms with E-state index in [1.807, 2.05) is 12.1 Å². The van der Waals surface area contributed by atoms with Gasteiger partial charge in [0.1, 0.15) is 0 Å². The zero-order valence-corrected chi connectivity index (χ0v) is 17.8. The predicted octanol–water partition coefficient (Wildman–Crippen LogP) is 3.22. The minimum Gasteiger partial charge on any atom is -0.465 e. The van der Waals surface area contributed by atoms with E-state index >= 15 is 0 Å². The van der Waals surface area contributed by atoms with Crippen molar-refractivity contribution in [2.24, 2.45) is 0 Å². The first-order valence-electron chi connectivity index (χ1n) is 10.2. The number of H-pyrrole nitrogens is 1. The highest BCUT2D eigenvalue weighted by Crippen LogP contribution is 2.42. The molecule has 1 aromatic carbocycles. The van der Waals surface area contributed by atoms with Crippen molar-refractivity contribution in [2.75, 3.05) is 33.2 Å². The maximum absolute atomic E-state index is 10.7. The molecule has 0 saturated carbocycles. The van der Waals surface area contributed by atoms with E-state index in [9.17, 15) is 4.79 Å². The van der Waals surface area contributed by atoms with Crippen LogP contribution < -0.4 is 5.32 Å². The van der Waals surface area contributed by atoms with E-state index in [0.717, 1.165) is 60.3 Å². The van der Waals surface area contributed by atoms with Crippen molar-refractivity contribution in [3.8, 4) is 21.8 Å². The number of nitrogens with one attached hydrogen (secondary N) is 2. The number of thiophene rings is 1. The lowest BCUT2D eigenvalue weighted by Crippen LogP contribution is -2.43. The van der Waals surface area contributed by atoms with Gasteiger partial charge >= 0.3 is 6.09 Å². The normalized spacial score (nSPS) is 16.4. The molecule has 0 radical (unpaired) electrons. The van der Waals surface area contributed by atoms with Crippen LogP contribution in [-0.2, 0) is 19.5 Å². The van der Waals surface area contributed by atoms with Crippen molar-refractivity contribution in [1.29, 1.82) is 0 Å². The second-order valence-corrected chi connectivity index (χ2v) is 9.27. The molecule has 5 rings (SSSR count). The topological polar surface area (TPSA) is 84.5 Å². The van der Waals surface area contributed by atoms with Crippen LogP contribution in [0.1, 0.15) is 21.6 Å². The molecule has 1 fully saturated rings. The number of fused-ring (bicyclic) bond motifs is 3. The Balaban J connectivity index is 1.33. The van der Waals surface area contributed by atoms with Crippen molar-refractivity contribution < 1.29 is 9.90 Å². The number of hydrogen-bond acceptors (Lipinski definition) is 5. The molecule has 3 aromatic rings. The van der Waals surface area contributed by atoms with Crippen LogP contribution in [0.15, 0.2) is 30.3 Å². The summed E-state index contributed by atoms with van der Waals surface area (Å²) in [4.78, 5) is 17.7. The SMILES string of the molecule is CN1CCN(Cc2ccc3c(c2)Cc2c-3n[nH]c2-c2ccc(CNC(=O)O)s2)CC1. The van der Waals surface area contributed by atoms with Gasteiger partial charge in [0.15, 0.2) is 0 Å². The number of carbonyl (C=O) groups is 1. The molecule has 3 heterocycles. The van der Waals surface area contributed by atoms with Gasteiger partial charge in [0, 0.05) is 55.1 Å². The molecule has 0 spiro atoms. The Hall–Kier alpha value is -2.68.